The molecule has 0 spiro atoms. The van der Waals surface area contributed by atoms with Crippen LogP contribution in [0.3, 0.4) is 0 Å². The van der Waals surface area contributed by atoms with E-state index in [4.69, 9.17) is 13.8 Å². The van der Waals surface area contributed by atoms with Gasteiger partial charge in [0.15, 0.2) is 0 Å². The highest BCUT2D eigenvalue weighted by Crippen LogP contribution is 2.45. The number of hydrogen-bond acceptors (Lipinski definition) is 4. The van der Waals surface area contributed by atoms with E-state index in [-0.39, 0.29) is 0 Å². The number of nitrogens with zero attached hydrogens (tertiary/aromatic N) is 4. The number of hydrogen-bond donors (Lipinski definition) is 0. The summed E-state index contributed by atoms with van der Waals surface area (Å²) < 4.78 is 17.8. The SMILES string of the molecule is N#Cc1ccc(-n2c3ccccc3c3c4oc5ccccc5c4ccc32)c(-c2ncccc2-n2c3ccccc3c3c4oc5ccccc5c4ccc32)c1. The normalized spacial score (nSPS) is 12.1. The van der Waals surface area contributed by atoms with Gasteiger partial charge < -0.3 is 18.0 Å². The standard InChI is InChI=1S/C48H26N4O2/c49-27-28-19-22-38(51-36-14-5-1-12-33(36)44-39(51)23-20-31-29-10-3-7-17-42(29)53-47(31)44)35(26-28)46-41(16-9-25-50-46)52-37-15-6-2-13-34(37)45-40(52)24-21-32-30-11-4-8-18-43(30)54-48(32)45/h1-26H. The van der Waals surface area contributed by atoms with Crippen LogP contribution in [0.4, 0.5) is 0 Å². The second-order valence-corrected chi connectivity index (χ2v) is 13.8. The van der Waals surface area contributed by atoms with Gasteiger partial charge >= 0.3 is 0 Å². The molecule has 12 rings (SSSR count). The van der Waals surface area contributed by atoms with Crippen LogP contribution in [0.15, 0.2) is 167 Å². The molecule has 0 bridgehead atoms. The molecule has 6 nitrogen and oxygen atoms in total. The van der Waals surface area contributed by atoms with Crippen LogP contribution in [0.25, 0.3) is 110 Å². The van der Waals surface area contributed by atoms with Crippen molar-refractivity contribution in [3.8, 4) is 28.7 Å². The fourth-order valence-corrected chi connectivity index (χ4v) is 8.76. The van der Waals surface area contributed by atoms with E-state index in [1.165, 1.54) is 0 Å². The predicted molar refractivity (Wildman–Crippen MR) is 218 cm³/mol. The molecule has 0 saturated heterocycles. The molecule has 54 heavy (non-hydrogen) atoms. The van der Waals surface area contributed by atoms with Crippen LogP contribution < -0.4 is 0 Å². The Morgan fingerprint density at radius 1 is 0.463 bits per heavy atom. The Hall–Kier alpha value is -7.62. The van der Waals surface area contributed by atoms with Gasteiger partial charge in [0.1, 0.15) is 22.3 Å². The van der Waals surface area contributed by atoms with Crippen molar-refractivity contribution in [1.29, 1.82) is 5.26 Å². The zero-order chi connectivity index (χ0) is 35.5. The maximum Gasteiger partial charge on any atom is 0.145 e. The fourth-order valence-electron chi connectivity index (χ4n) is 8.76. The van der Waals surface area contributed by atoms with Gasteiger partial charge in [0.2, 0.25) is 0 Å². The first-order valence-electron chi connectivity index (χ1n) is 17.9. The lowest BCUT2D eigenvalue weighted by Gasteiger charge is -2.18. The van der Waals surface area contributed by atoms with E-state index < -0.39 is 0 Å². The molecule has 0 saturated carbocycles. The summed E-state index contributed by atoms with van der Waals surface area (Å²) in [6, 6.07) is 54.4. The molecule has 0 radical (unpaired) electrons. The molecule has 5 heterocycles. The minimum atomic E-state index is 0.553. The van der Waals surface area contributed by atoms with Gasteiger partial charge in [-0.05, 0) is 78.9 Å². The third-order valence-corrected chi connectivity index (χ3v) is 11.0. The zero-order valence-corrected chi connectivity index (χ0v) is 28.6. The second kappa shape index (κ2) is 10.7. The molecule has 250 valence electrons. The number of benzene rings is 7. The fraction of sp³-hybridized carbons (Fsp3) is 0. The molecular formula is C48H26N4O2. The molecule has 0 atom stereocenters. The van der Waals surface area contributed by atoms with Gasteiger partial charge in [-0.1, -0.05) is 72.8 Å². The largest absolute Gasteiger partial charge is 0.455 e. The van der Waals surface area contributed by atoms with Gasteiger partial charge in [0.05, 0.1) is 61.5 Å². The Labute approximate surface area is 306 Å². The lowest BCUT2D eigenvalue weighted by atomic mass is 10.0. The lowest BCUT2D eigenvalue weighted by molar-refractivity contribution is 0.672. The zero-order valence-electron chi connectivity index (χ0n) is 28.6. The first-order chi connectivity index (χ1) is 26.8. The van der Waals surface area contributed by atoms with Gasteiger partial charge in [-0.3, -0.25) is 4.98 Å². The van der Waals surface area contributed by atoms with Gasteiger partial charge in [-0.25, -0.2) is 0 Å². The predicted octanol–water partition coefficient (Wildman–Crippen LogP) is 12.6. The monoisotopic (exact) mass is 690 g/mol. The van der Waals surface area contributed by atoms with Crippen LogP contribution in [0, 0.1) is 11.3 Å². The number of pyridine rings is 1. The lowest BCUT2D eigenvalue weighted by Crippen LogP contribution is -2.03. The average Bonchev–Trinajstić information content (AvgIpc) is 3.98. The molecule has 0 aliphatic carbocycles. The molecule has 0 fully saturated rings. The van der Waals surface area contributed by atoms with E-state index >= 15 is 0 Å². The molecule has 0 unspecified atom stereocenters. The Balaban J connectivity index is 1.18. The summed E-state index contributed by atoms with van der Waals surface area (Å²) in [5.41, 5.74) is 11.5. The average molecular weight is 691 g/mol. The van der Waals surface area contributed by atoms with E-state index in [1.54, 1.807) is 0 Å². The van der Waals surface area contributed by atoms with Crippen molar-refractivity contribution in [2.24, 2.45) is 0 Å². The summed E-state index contributed by atoms with van der Waals surface area (Å²) in [5.74, 6) is 0. The highest BCUT2D eigenvalue weighted by atomic mass is 16.3. The molecule has 6 heteroatoms. The summed E-state index contributed by atoms with van der Waals surface area (Å²) in [6.07, 6.45) is 1.83. The van der Waals surface area contributed by atoms with Crippen LogP contribution in [0.1, 0.15) is 5.56 Å². The third kappa shape index (κ3) is 3.79. The molecule has 7 aromatic carbocycles. The molecule has 0 amide bonds. The summed E-state index contributed by atoms with van der Waals surface area (Å²) in [4.78, 5) is 5.11. The van der Waals surface area contributed by atoms with E-state index in [0.717, 1.165) is 110 Å². The minimum Gasteiger partial charge on any atom is -0.455 e. The van der Waals surface area contributed by atoms with E-state index in [0.29, 0.717) is 5.56 Å². The van der Waals surface area contributed by atoms with E-state index in [2.05, 4.69) is 118 Å². The molecule has 5 aromatic heterocycles. The van der Waals surface area contributed by atoms with Crippen LogP contribution in [-0.4, -0.2) is 14.1 Å². The molecule has 0 aliphatic rings. The molecule has 0 aliphatic heterocycles. The van der Waals surface area contributed by atoms with Crippen LogP contribution in [0.2, 0.25) is 0 Å². The van der Waals surface area contributed by atoms with Crippen molar-refractivity contribution in [3.05, 3.63) is 163 Å². The molecule has 12 aromatic rings. The van der Waals surface area contributed by atoms with Crippen molar-refractivity contribution < 1.29 is 8.83 Å². The highest BCUT2D eigenvalue weighted by molar-refractivity contribution is 6.25. The van der Waals surface area contributed by atoms with Crippen LogP contribution in [0.5, 0.6) is 0 Å². The topological polar surface area (TPSA) is 72.8 Å². The first-order valence-corrected chi connectivity index (χ1v) is 17.9. The summed E-state index contributed by atoms with van der Waals surface area (Å²) in [7, 11) is 0. The second-order valence-electron chi connectivity index (χ2n) is 13.8. The Morgan fingerprint density at radius 2 is 1.00 bits per heavy atom. The first kappa shape index (κ1) is 29.0. The number of rotatable bonds is 3. The maximum atomic E-state index is 10.3. The summed E-state index contributed by atoms with van der Waals surface area (Å²) >= 11 is 0. The number of aromatic nitrogens is 3. The van der Waals surface area contributed by atoms with Crippen molar-refractivity contribution >= 4 is 87.5 Å². The van der Waals surface area contributed by atoms with Gasteiger partial charge in [-0.2, -0.15) is 5.26 Å². The Bertz CT molecular complexity index is 3590. The van der Waals surface area contributed by atoms with E-state index in [1.807, 2.05) is 54.7 Å². The van der Waals surface area contributed by atoms with Gasteiger partial charge in [0, 0.05) is 44.1 Å². The van der Waals surface area contributed by atoms with Gasteiger partial charge in [0.25, 0.3) is 0 Å². The third-order valence-electron chi connectivity index (χ3n) is 11.0. The maximum absolute atomic E-state index is 10.3. The quantitative estimate of drug-likeness (QED) is 0.185. The van der Waals surface area contributed by atoms with Gasteiger partial charge in [-0.15, -0.1) is 0 Å². The molecular weight excluding hydrogens is 665 g/mol. The van der Waals surface area contributed by atoms with Crippen molar-refractivity contribution in [1.82, 2.24) is 14.1 Å². The number of para-hydroxylation sites is 4. The number of furan rings is 2. The Kier molecular flexibility index (Phi) is 5.75. The van der Waals surface area contributed by atoms with Crippen molar-refractivity contribution in [3.63, 3.8) is 0 Å². The van der Waals surface area contributed by atoms with Crippen LogP contribution in [-0.2, 0) is 0 Å². The van der Waals surface area contributed by atoms with Crippen molar-refractivity contribution in [2.45, 2.75) is 0 Å². The summed E-state index contributed by atoms with van der Waals surface area (Å²) in [6.45, 7) is 0. The number of fused-ring (bicyclic) bond motifs is 14. The molecule has 0 N–H and O–H groups in total. The van der Waals surface area contributed by atoms with Crippen LogP contribution >= 0.6 is 0 Å². The Morgan fingerprint density at radius 3 is 1.59 bits per heavy atom. The minimum absolute atomic E-state index is 0.553. The van der Waals surface area contributed by atoms with E-state index in [9.17, 15) is 5.26 Å². The smallest absolute Gasteiger partial charge is 0.145 e. The number of nitriles is 1. The summed E-state index contributed by atoms with van der Waals surface area (Å²) in [5, 5.41) is 18.9. The highest BCUT2D eigenvalue weighted by Gasteiger charge is 2.24. The van der Waals surface area contributed by atoms with Crippen molar-refractivity contribution in [2.75, 3.05) is 0 Å².